The second-order valence-corrected chi connectivity index (χ2v) is 4.94. The number of H-pyrrole nitrogens is 1. The molecule has 1 aliphatic rings. The van der Waals surface area contributed by atoms with Crippen LogP contribution in [0.2, 0.25) is 0 Å². The van der Waals surface area contributed by atoms with Gasteiger partial charge in [0, 0.05) is 17.6 Å². The number of benzene rings is 1. The van der Waals surface area contributed by atoms with E-state index in [0.717, 1.165) is 49.2 Å². The Labute approximate surface area is 111 Å². The van der Waals surface area contributed by atoms with Gasteiger partial charge in [-0.1, -0.05) is 0 Å². The van der Waals surface area contributed by atoms with Gasteiger partial charge in [0.25, 0.3) is 0 Å². The normalized spacial score (nSPS) is 16.6. The van der Waals surface area contributed by atoms with Crippen molar-refractivity contribution in [3.05, 3.63) is 34.9 Å². The lowest BCUT2D eigenvalue weighted by Crippen LogP contribution is -2.30. The minimum absolute atomic E-state index is 0.331. The van der Waals surface area contributed by atoms with E-state index in [9.17, 15) is 4.79 Å². The Morgan fingerprint density at radius 1 is 1.32 bits per heavy atom. The first-order chi connectivity index (χ1) is 9.31. The molecule has 1 aliphatic heterocycles. The van der Waals surface area contributed by atoms with Gasteiger partial charge >= 0.3 is 5.69 Å². The number of nitrogens with one attached hydrogen (secondary N) is 2. The molecular formula is C14H17N3O2. The molecule has 1 saturated heterocycles. The molecule has 2 aromatic rings. The number of rotatable bonds is 3. The van der Waals surface area contributed by atoms with E-state index in [1.165, 1.54) is 0 Å². The van der Waals surface area contributed by atoms with Crippen molar-refractivity contribution in [3.8, 4) is 5.75 Å². The maximum atomic E-state index is 11.2. The van der Waals surface area contributed by atoms with Crippen molar-refractivity contribution in [2.75, 3.05) is 19.7 Å². The molecule has 0 bridgehead atoms. The summed E-state index contributed by atoms with van der Waals surface area (Å²) >= 11 is 0. The second-order valence-electron chi connectivity index (χ2n) is 4.94. The fourth-order valence-corrected chi connectivity index (χ4v) is 2.38. The molecule has 1 aromatic heterocycles. The number of aromatic amines is 1. The van der Waals surface area contributed by atoms with E-state index in [0.29, 0.717) is 5.92 Å². The first-order valence-corrected chi connectivity index (χ1v) is 6.64. The number of aromatic nitrogens is 2. The molecule has 1 fully saturated rings. The fraction of sp³-hybridized carbons (Fsp3) is 0.429. The van der Waals surface area contributed by atoms with Crippen molar-refractivity contribution in [1.29, 1.82) is 0 Å². The van der Waals surface area contributed by atoms with E-state index >= 15 is 0 Å². The summed E-state index contributed by atoms with van der Waals surface area (Å²) in [5.41, 5.74) is 0.436. The van der Waals surface area contributed by atoms with Gasteiger partial charge in [-0.25, -0.2) is 9.78 Å². The van der Waals surface area contributed by atoms with E-state index in [4.69, 9.17) is 4.74 Å². The van der Waals surface area contributed by atoms with Crippen LogP contribution >= 0.6 is 0 Å². The Morgan fingerprint density at radius 2 is 2.16 bits per heavy atom. The van der Waals surface area contributed by atoms with Crippen molar-refractivity contribution < 1.29 is 4.74 Å². The van der Waals surface area contributed by atoms with Gasteiger partial charge in [0.15, 0.2) is 0 Å². The number of hydrogen-bond donors (Lipinski definition) is 2. The number of piperidine rings is 1. The average molecular weight is 259 g/mol. The molecule has 0 unspecified atom stereocenters. The van der Waals surface area contributed by atoms with E-state index in [-0.39, 0.29) is 5.69 Å². The van der Waals surface area contributed by atoms with Crippen molar-refractivity contribution in [2.24, 2.45) is 5.92 Å². The van der Waals surface area contributed by atoms with Gasteiger partial charge in [0.05, 0.1) is 12.1 Å². The van der Waals surface area contributed by atoms with Crippen LogP contribution in [-0.2, 0) is 0 Å². The predicted octanol–water partition coefficient (Wildman–Crippen LogP) is 1.30. The minimum Gasteiger partial charge on any atom is -0.493 e. The zero-order valence-corrected chi connectivity index (χ0v) is 10.7. The standard InChI is InChI=1S/C14H17N3O2/c18-14-16-8-11-1-2-12(7-13(11)17-14)19-9-10-3-5-15-6-4-10/h1-2,7-8,10,15H,3-6,9H2,(H,16,17,18). The van der Waals surface area contributed by atoms with E-state index in [1.54, 1.807) is 6.20 Å². The third-order valence-electron chi connectivity index (χ3n) is 3.53. The summed E-state index contributed by atoms with van der Waals surface area (Å²) < 4.78 is 5.82. The molecule has 0 radical (unpaired) electrons. The molecule has 5 nitrogen and oxygen atoms in total. The summed E-state index contributed by atoms with van der Waals surface area (Å²) in [7, 11) is 0. The largest absolute Gasteiger partial charge is 0.493 e. The van der Waals surface area contributed by atoms with Crippen LogP contribution in [0.15, 0.2) is 29.2 Å². The van der Waals surface area contributed by atoms with Crippen LogP contribution in [0.1, 0.15) is 12.8 Å². The molecule has 19 heavy (non-hydrogen) atoms. The van der Waals surface area contributed by atoms with Crippen molar-refractivity contribution in [3.63, 3.8) is 0 Å². The zero-order chi connectivity index (χ0) is 13.1. The van der Waals surface area contributed by atoms with Gasteiger partial charge in [-0.2, -0.15) is 0 Å². The van der Waals surface area contributed by atoms with Gasteiger partial charge < -0.3 is 15.0 Å². The maximum Gasteiger partial charge on any atom is 0.345 e. The summed E-state index contributed by atoms with van der Waals surface area (Å²) in [5.74, 6) is 1.42. The van der Waals surface area contributed by atoms with Gasteiger partial charge in [0.2, 0.25) is 0 Å². The van der Waals surface area contributed by atoms with Gasteiger partial charge in [-0.15, -0.1) is 0 Å². The zero-order valence-electron chi connectivity index (χ0n) is 10.7. The molecule has 0 amide bonds. The van der Waals surface area contributed by atoms with Crippen LogP contribution in [0.25, 0.3) is 10.9 Å². The number of fused-ring (bicyclic) bond motifs is 1. The van der Waals surface area contributed by atoms with E-state index < -0.39 is 0 Å². The summed E-state index contributed by atoms with van der Waals surface area (Å²) in [6, 6.07) is 5.69. The van der Waals surface area contributed by atoms with Crippen molar-refractivity contribution >= 4 is 10.9 Å². The Balaban J connectivity index is 1.72. The van der Waals surface area contributed by atoms with Gasteiger partial charge in [-0.3, -0.25) is 0 Å². The highest BCUT2D eigenvalue weighted by molar-refractivity contribution is 5.78. The second kappa shape index (κ2) is 5.40. The summed E-state index contributed by atoms with van der Waals surface area (Å²) in [6.07, 6.45) is 3.90. The molecule has 0 spiro atoms. The Morgan fingerprint density at radius 3 is 3.00 bits per heavy atom. The van der Waals surface area contributed by atoms with Crippen LogP contribution in [0.3, 0.4) is 0 Å². The van der Waals surface area contributed by atoms with Crippen LogP contribution in [0.5, 0.6) is 5.75 Å². The maximum absolute atomic E-state index is 11.2. The Kier molecular flexibility index (Phi) is 3.46. The highest BCUT2D eigenvalue weighted by Gasteiger charge is 2.13. The van der Waals surface area contributed by atoms with E-state index in [2.05, 4.69) is 15.3 Å². The van der Waals surface area contributed by atoms with E-state index in [1.807, 2.05) is 18.2 Å². The van der Waals surface area contributed by atoms with Crippen LogP contribution in [-0.4, -0.2) is 29.7 Å². The lowest BCUT2D eigenvalue weighted by molar-refractivity contribution is 0.215. The van der Waals surface area contributed by atoms with Crippen molar-refractivity contribution in [1.82, 2.24) is 15.3 Å². The third kappa shape index (κ3) is 2.93. The lowest BCUT2D eigenvalue weighted by atomic mass is 9.99. The molecule has 5 heteroatoms. The lowest BCUT2D eigenvalue weighted by Gasteiger charge is -2.22. The predicted molar refractivity (Wildman–Crippen MR) is 73.5 cm³/mol. The Bertz CT molecular complexity index is 617. The number of nitrogens with zero attached hydrogens (tertiary/aromatic N) is 1. The molecule has 100 valence electrons. The first-order valence-electron chi connectivity index (χ1n) is 6.64. The molecule has 2 heterocycles. The molecule has 0 aliphatic carbocycles. The SMILES string of the molecule is O=c1ncc2ccc(OCC3CCNCC3)cc2[nH]1. The number of hydrogen-bond acceptors (Lipinski definition) is 4. The minimum atomic E-state index is -0.331. The smallest absolute Gasteiger partial charge is 0.345 e. The van der Waals surface area contributed by atoms with Crippen molar-refractivity contribution in [2.45, 2.75) is 12.8 Å². The summed E-state index contributed by atoms with van der Waals surface area (Å²) in [4.78, 5) is 17.6. The highest BCUT2D eigenvalue weighted by atomic mass is 16.5. The molecule has 2 N–H and O–H groups in total. The average Bonchev–Trinajstić information content (AvgIpc) is 2.46. The highest BCUT2D eigenvalue weighted by Crippen LogP contribution is 2.19. The molecule has 3 rings (SSSR count). The summed E-state index contributed by atoms with van der Waals surface area (Å²) in [5, 5.41) is 4.25. The molecular weight excluding hydrogens is 242 g/mol. The molecule has 1 aromatic carbocycles. The fourth-order valence-electron chi connectivity index (χ4n) is 2.38. The molecule has 0 saturated carbocycles. The van der Waals surface area contributed by atoms with Gasteiger partial charge in [-0.05, 0) is 44.0 Å². The Hall–Kier alpha value is -1.88. The first kappa shape index (κ1) is 12.2. The monoisotopic (exact) mass is 259 g/mol. The topological polar surface area (TPSA) is 67.0 Å². The quantitative estimate of drug-likeness (QED) is 0.872. The third-order valence-corrected chi connectivity index (χ3v) is 3.53. The van der Waals surface area contributed by atoms with Gasteiger partial charge in [0.1, 0.15) is 5.75 Å². The van der Waals surface area contributed by atoms with Crippen LogP contribution < -0.4 is 15.7 Å². The number of ether oxygens (including phenoxy) is 1. The molecule has 0 atom stereocenters. The van der Waals surface area contributed by atoms with Crippen LogP contribution in [0.4, 0.5) is 0 Å². The van der Waals surface area contributed by atoms with Crippen LogP contribution in [0, 0.1) is 5.92 Å². The summed E-state index contributed by atoms with van der Waals surface area (Å²) in [6.45, 7) is 2.89.